The number of anilines is 1. The fraction of sp³-hybridized carbons (Fsp3) is 0.562. The zero-order valence-electron chi connectivity index (χ0n) is 12.2. The Hall–Kier alpha value is -1.09. The van der Waals surface area contributed by atoms with Gasteiger partial charge in [0.05, 0.1) is 0 Å². The molecule has 3 heteroatoms. The molecule has 0 unspecified atom stereocenters. The van der Waals surface area contributed by atoms with Gasteiger partial charge in [-0.3, -0.25) is 0 Å². The summed E-state index contributed by atoms with van der Waals surface area (Å²) in [5.41, 5.74) is 3.69. The molecule has 0 aliphatic carbocycles. The molecule has 1 aromatic rings. The molecule has 1 saturated heterocycles. The third-order valence-electron chi connectivity index (χ3n) is 4.07. The molecule has 0 amide bonds. The summed E-state index contributed by atoms with van der Waals surface area (Å²) < 4.78 is 0. The highest BCUT2D eigenvalue weighted by Gasteiger charge is 2.23. The van der Waals surface area contributed by atoms with E-state index in [1.54, 1.807) is 0 Å². The van der Waals surface area contributed by atoms with Crippen LogP contribution < -0.4 is 5.32 Å². The smallest absolute Gasteiger partial charge is 0.173 e. The topological polar surface area (TPSA) is 15.3 Å². The van der Waals surface area contributed by atoms with Crippen molar-refractivity contribution in [3.05, 3.63) is 29.3 Å². The zero-order valence-corrected chi connectivity index (χ0v) is 13.0. The molecule has 0 bridgehead atoms. The van der Waals surface area contributed by atoms with E-state index in [2.05, 4.69) is 49.2 Å². The zero-order chi connectivity index (χ0) is 13.8. The summed E-state index contributed by atoms with van der Waals surface area (Å²) in [5.74, 6) is 0. The maximum Gasteiger partial charge on any atom is 0.173 e. The summed E-state index contributed by atoms with van der Waals surface area (Å²) >= 11 is 5.63. The molecule has 1 aliphatic heterocycles. The number of para-hydroxylation sites is 1. The van der Waals surface area contributed by atoms with Crippen molar-refractivity contribution in [1.29, 1.82) is 0 Å². The van der Waals surface area contributed by atoms with Crippen LogP contribution in [0, 0.1) is 13.8 Å². The van der Waals surface area contributed by atoms with Gasteiger partial charge in [-0.05, 0) is 62.9 Å². The minimum atomic E-state index is 0.609. The molecule has 1 aliphatic rings. The monoisotopic (exact) mass is 276 g/mol. The highest BCUT2D eigenvalue weighted by atomic mass is 32.1. The Balaban J connectivity index is 2.12. The molecule has 2 nitrogen and oxygen atoms in total. The lowest BCUT2D eigenvalue weighted by Crippen LogP contribution is -2.45. The molecule has 0 spiro atoms. The Bertz CT molecular complexity index is 436. The van der Waals surface area contributed by atoms with Crippen LogP contribution in [0.2, 0.25) is 0 Å². The highest BCUT2D eigenvalue weighted by molar-refractivity contribution is 7.80. The normalized spacial score (nSPS) is 19.3. The van der Waals surface area contributed by atoms with Crippen LogP contribution in [0.4, 0.5) is 5.69 Å². The minimum absolute atomic E-state index is 0.609. The van der Waals surface area contributed by atoms with Crippen molar-refractivity contribution in [2.24, 2.45) is 0 Å². The van der Waals surface area contributed by atoms with Crippen molar-refractivity contribution >= 4 is 23.0 Å². The molecular weight excluding hydrogens is 252 g/mol. The van der Waals surface area contributed by atoms with Crippen molar-refractivity contribution in [2.45, 2.75) is 52.5 Å². The Labute approximate surface area is 122 Å². The van der Waals surface area contributed by atoms with Gasteiger partial charge in [0.15, 0.2) is 5.11 Å². The lowest BCUT2D eigenvalue weighted by atomic mass is 10.0. The van der Waals surface area contributed by atoms with E-state index in [-0.39, 0.29) is 0 Å². The molecule has 2 rings (SSSR count). The van der Waals surface area contributed by atoms with Gasteiger partial charge in [0, 0.05) is 18.3 Å². The number of piperidine rings is 1. The Kier molecular flexibility index (Phi) is 4.81. The molecule has 0 aromatic heterocycles. The summed E-state index contributed by atoms with van der Waals surface area (Å²) in [6.07, 6.45) is 5.03. The Morgan fingerprint density at radius 1 is 1.32 bits per heavy atom. The van der Waals surface area contributed by atoms with Gasteiger partial charge in [-0.25, -0.2) is 0 Å². The van der Waals surface area contributed by atoms with E-state index < -0.39 is 0 Å². The molecule has 0 radical (unpaired) electrons. The first kappa shape index (κ1) is 14.3. The summed E-state index contributed by atoms with van der Waals surface area (Å²) in [6, 6.07) is 6.96. The summed E-state index contributed by atoms with van der Waals surface area (Å²) in [7, 11) is 0. The SMILES string of the molecule is CC[C@H]1CCCCN1C(=S)Nc1c(C)cccc1C. The molecule has 19 heavy (non-hydrogen) atoms. The largest absolute Gasteiger partial charge is 0.346 e. The van der Waals surface area contributed by atoms with E-state index in [0.717, 1.165) is 11.7 Å². The van der Waals surface area contributed by atoms with Crippen molar-refractivity contribution < 1.29 is 0 Å². The van der Waals surface area contributed by atoms with Gasteiger partial charge in [0.25, 0.3) is 0 Å². The second-order valence-electron chi connectivity index (χ2n) is 5.45. The number of thiocarbonyl (C=S) groups is 1. The lowest BCUT2D eigenvalue weighted by molar-refractivity contribution is 0.239. The average Bonchev–Trinajstić information content (AvgIpc) is 2.42. The second-order valence-corrected chi connectivity index (χ2v) is 5.83. The van der Waals surface area contributed by atoms with Crippen molar-refractivity contribution in [1.82, 2.24) is 4.90 Å². The molecule has 1 fully saturated rings. The number of nitrogens with one attached hydrogen (secondary N) is 1. The fourth-order valence-electron chi connectivity index (χ4n) is 2.88. The molecule has 1 heterocycles. The van der Waals surface area contributed by atoms with E-state index in [1.807, 2.05) is 0 Å². The summed E-state index contributed by atoms with van der Waals surface area (Å²) in [4.78, 5) is 2.38. The van der Waals surface area contributed by atoms with E-state index in [0.29, 0.717) is 6.04 Å². The number of hydrogen-bond acceptors (Lipinski definition) is 1. The third kappa shape index (κ3) is 3.27. The van der Waals surface area contributed by atoms with Crippen LogP contribution in [0.1, 0.15) is 43.7 Å². The van der Waals surface area contributed by atoms with Crippen molar-refractivity contribution in [3.8, 4) is 0 Å². The number of aryl methyl sites for hydroxylation is 2. The van der Waals surface area contributed by atoms with Crippen LogP contribution in [-0.2, 0) is 0 Å². The molecule has 104 valence electrons. The third-order valence-corrected chi connectivity index (χ3v) is 4.41. The standard InChI is InChI=1S/C16H24N2S/c1-4-14-10-5-6-11-18(14)16(19)17-15-12(2)8-7-9-13(15)3/h7-9,14H,4-6,10-11H2,1-3H3,(H,17,19)/t14-/m0/s1. The lowest BCUT2D eigenvalue weighted by Gasteiger charge is -2.37. The van der Waals surface area contributed by atoms with E-state index in [9.17, 15) is 0 Å². The van der Waals surface area contributed by atoms with Gasteiger partial charge >= 0.3 is 0 Å². The van der Waals surface area contributed by atoms with Crippen molar-refractivity contribution in [3.63, 3.8) is 0 Å². The number of hydrogen-bond donors (Lipinski definition) is 1. The van der Waals surface area contributed by atoms with E-state index in [1.165, 1.54) is 42.5 Å². The number of likely N-dealkylation sites (tertiary alicyclic amines) is 1. The summed E-state index contributed by atoms with van der Waals surface area (Å²) in [5, 5.41) is 4.36. The first-order valence-electron chi connectivity index (χ1n) is 7.27. The van der Waals surface area contributed by atoms with Crippen LogP contribution in [0.15, 0.2) is 18.2 Å². The van der Waals surface area contributed by atoms with Gasteiger partial charge in [-0.1, -0.05) is 25.1 Å². The average molecular weight is 276 g/mol. The Morgan fingerprint density at radius 2 is 2.00 bits per heavy atom. The Morgan fingerprint density at radius 3 is 2.63 bits per heavy atom. The van der Waals surface area contributed by atoms with Gasteiger partial charge in [0.1, 0.15) is 0 Å². The summed E-state index contributed by atoms with van der Waals surface area (Å²) in [6.45, 7) is 7.61. The number of benzene rings is 1. The van der Waals surface area contributed by atoms with Gasteiger partial charge < -0.3 is 10.2 Å². The molecule has 0 saturated carbocycles. The van der Waals surface area contributed by atoms with E-state index >= 15 is 0 Å². The number of rotatable bonds is 2. The van der Waals surface area contributed by atoms with Gasteiger partial charge in [-0.15, -0.1) is 0 Å². The highest BCUT2D eigenvalue weighted by Crippen LogP contribution is 2.23. The quantitative estimate of drug-likeness (QED) is 0.812. The van der Waals surface area contributed by atoms with Crippen LogP contribution in [0.5, 0.6) is 0 Å². The maximum atomic E-state index is 5.63. The predicted molar refractivity (Wildman–Crippen MR) is 86.8 cm³/mol. The molecule has 1 atom stereocenters. The van der Waals surface area contributed by atoms with Crippen LogP contribution in [0.25, 0.3) is 0 Å². The number of nitrogens with zero attached hydrogens (tertiary/aromatic N) is 1. The van der Waals surface area contributed by atoms with Crippen molar-refractivity contribution in [2.75, 3.05) is 11.9 Å². The van der Waals surface area contributed by atoms with Crippen LogP contribution in [-0.4, -0.2) is 22.6 Å². The predicted octanol–water partition coefficient (Wildman–Crippen LogP) is 4.26. The van der Waals surface area contributed by atoms with E-state index in [4.69, 9.17) is 12.2 Å². The first-order chi connectivity index (χ1) is 9.13. The van der Waals surface area contributed by atoms with Crippen LogP contribution >= 0.6 is 12.2 Å². The molecule has 1 aromatic carbocycles. The van der Waals surface area contributed by atoms with Gasteiger partial charge in [0.2, 0.25) is 0 Å². The van der Waals surface area contributed by atoms with Crippen LogP contribution in [0.3, 0.4) is 0 Å². The fourth-order valence-corrected chi connectivity index (χ4v) is 3.23. The maximum absolute atomic E-state index is 5.63. The molecule has 1 N–H and O–H groups in total. The first-order valence-corrected chi connectivity index (χ1v) is 7.68. The molecular formula is C16H24N2S. The minimum Gasteiger partial charge on any atom is -0.346 e. The second kappa shape index (κ2) is 6.38. The van der Waals surface area contributed by atoms with Gasteiger partial charge in [-0.2, -0.15) is 0 Å².